The summed E-state index contributed by atoms with van der Waals surface area (Å²) in [6.45, 7) is 2.68. The van der Waals surface area contributed by atoms with Crippen molar-refractivity contribution in [2.45, 2.75) is 18.9 Å². The Hall–Kier alpha value is -3.87. The Morgan fingerprint density at radius 2 is 1.50 bits per heavy atom. The highest BCUT2D eigenvalue weighted by Crippen LogP contribution is 2.33. The van der Waals surface area contributed by atoms with E-state index in [1.807, 2.05) is 44.4 Å². The van der Waals surface area contributed by atoms with E-state index in [0.29, 0.717) is 6.54 Å². The van der Waals surface area contributed by atoms with Crippen LogP contribution in [-0.2, 0) is 0 Å². The fraction of sp³-hybridized carbons (Fsp3) is 0.281. The molecule has 1 fully saturated rings. The number of nitrogens with zero attached hydrogens (tertiary/aromatic N) is 2. The molecule has 0 amide bonds. The smallest absolute Gasteiger partial charge is 0.128 e. The Morgan fingerprint density at radius 3 is 2.11 bits per heavy atom. The van der Waals surface area contributed by atoms with Crippen molar-refractivity contribution in [3.05, 3.63) is 102 Å². The third-order valence-electron chi connectivity index (χ3n) is 7.24. The monoisotopic (exact) mass is 508 g/mol. The predicted molar refractivity (Wildman–Crippen MR) is 157 cm³/mol. The topological polar surface area (TPSA) is 69.7 Å². The van der Waals surface area contributed by atoms with Crippen molar-refractivity contribution >= 4 is 27.9 Å². The lowest BCUT2D eigenvalue weighted by Crippen LogP contribution is -2.39. The van der Waals surface area contributed by atoms with E-state index in [1.165, 1.54) is 22.3 Å². The van der Waals surface area contributed by atoms with Gasteiger partial charge in [0.2, 0.25) is 0 Å². The van der Waals surface area contributed by atoms with Crippen LogP contribution in [0.25, 0.3) is 16.5 Å². The first kappa shape index (κ1) is 25.8. The normalized spacial score (nSPS) is 14.8. The highest BCUT2D eigenvalue weighted by Gasteiger charge is 2.21. The quantitative estimate of drug-likeness (QED) is 0.271. The number of nitrogens with one attached hydrogen (secondary N) is 2. The maximum Gasteiger partial charge on any atom is 0.128 e. The highest BCUT2D eigenvalue weighted by atomic mass is 16.5. The number of hydrogen-bond donors (Lipinski definition) is 3. The van der Waals surface area contributed by atoms with Crippen molar-refractivity contribution < 1.29 is 9.84 Å². The maximum atomic E-state index is 10.8. The summed E-state index contributed by atoms with van der Waals surface area (Å²) in [5.41, 5.74) is 8.37. The van der Waals surface area contributed by atoms with Gasteiger partial charge in [-0.2, -0.15) is 0 Å². The van der Waals surface area contributed by atoms with E-state index in [-0.39, 0.29) is 6.61 Å². The molecule has 6 heteroatoms. The number of β-amino-alcohol motifs (C(OH)–C–C–N with tert-alkyl or cyclic N) is 1. The van der Waals surface area contributed by atoms with Gasteiger partial charge in [0.05, 0.1) is 5.52 Å². The number of ether oxygens (including phenoxy) is 1. The molecule has 0 aliphatic carbocycles. The Kier molecular flexibility index (Phi) is 8.22. The van der Waals surface area contributed by atoms with E-state index >= 15 is 0 Å². The number of piperidine rings is 1. The number of fused-ring (bicyclic) bond motifs is 1. The van der Waals surface area contributed by atoms with E-state index in [2.05, 4.69) is 69.0 Å². The van der Waals surface area contributed by atoms with Crippen LogP contribution in [0.15, 0.2) is 90.6 Å². The average molecular weight is 509 g/mol. The van der Waals surface area contributed by atoms with Gasteiger partial charge in [-0.15, -0.1) is 0 Å². The van der Waals surface area contributed by atoms with Gasteiger partial charge in [-0.1, -0.05) is 35.9 Å². The molecule has 0 spiro atoms. The minimum absolute atomic E-state index is 0.258. The van der Waals surface area contributed by atoms with Gasteiger partial charge in [0.1, 0.15) is 18.5 Å². The second kappa shape index (κ2) is 12.1. The number of rotatable bonds is 9. The third-order valence-corrected chi connectivity index (χ3v) is 7.24. The standard InChI is InChI=1S/C32H36N4O2/c1-33-26-12-8-23(9-13-26)32(24-10-14-27(34-2)15-11-24)25-16-19-36(20-17-25)21-28(37)22-38-31-7-3-6-30-29(31)5-4-18-35-30/h3-15,18,28,33-34,37H,16-17,19-22H2,1-2H3. The summed E-state index contributed by atoms with van der Waals surface area (Å²) in [6, 6.07) is 27.1. The van der Waals surface area contributed by atoms with Gasteiger partial charge in [-0.05, 0) is 78.1 Å². The molecule has 0 radical (unpaired) electrons. The molecule has 0 saturated carbocycles. The molecule has 196 valence electrons. The average Bonchev–Trinajstić information content (AvgIpc) is 2.98. The first-order valence-electron chi connectivity index (χ1n) is 13.3. The van der Waals surface area contributed by atoms with Crippen LogP contribution in [0, 0.1) is 0 Å². The largest absolute Gasteiger partial charge is 0.490 e. The van der Waals surface area contributed by atoms with Crippen LogP contribution in [0.5, 0.6) is 5.75 Å². The van der Waals surface area contributed by atoms with Crippen LogP contribution < -0.4 is 15.4 Å². The van der Waals surface area contributed by atoms with E-state index in [9.17, 15) is 5.11 Å². The Labute approximate surface area is 225 Å². The van der Waals surface area contributed by atoms with Gasteiger partial charge in [0, 0.05) is 56.7 Å². The molecule has 4 aromatic rings. The molecule has 1 saturated heterocycles. The van der Waals surface area contributed by atoms with Crippen LogP contribution in [0.3, 0.4) is 0 Å². The highest BCUT2D eigenvalue weighted by molar-refractivity contribution is 5.85. The molecular weight excluding hydrogens is 472 g/mol. The molecule has 0 bridgehead atoms. The predicted octanol–water partition coefficient (Wildman–Crippen LogP) is 5.66. The minimum atomic E-state index is -0.560. The van der Waals surface area contributed by atoms with Gasteiger partial charge < -0.3 is 20.5 Å². The number of aliphatic hydroxyl groups is 1. The zero-order chi connectivity index (χ0) is 26.3. The van der Waals surface area contributed by atoms with Gasteiger partial charge in [-0.25, -0.2) is 0 Å². The fourth-order valence-corrected chi connectivity index (χ4v) is 5.18. The molecule has 5 rings (SSSR count). The summed E-state index contributed by atoms with van der Waals surface area (Å²) in [7, 11) is 3.89. The minimum Gasteiger partial charge on any atom is -0.490 e. The van der Waals surface area contributed by atoms with Crippen molar-refractivity contribution in [3.63, 3.8) is 0 Å². The van der Waals surface area contributed by atoms with Crippen molar-refractivity contribution in [2.75, 3.05) is 51.0 Å². The zero-order valence-corrected chi connectivity index (χ0v) is 22.2. The zero-order valence-electron chi connectivity index (χ0n) is 22.2. The molecule has 1 aliphatic rings. The van der Waals surface area contributed by atoms with Gasteiger partial charge in [0.15, 0.2) is 0 Å². The van der Waals surface area contributed by atoms with Gasteiger partial charge in [-0.3, -0.25) is 9.88 Å². The lowest BCUT2D eigenvalue weighted by molar-refractivity contribution is 0.0661. The molecular formula is C32H36N4O2. The SMILES string of the molecule is CNc1ccc(C(=C2CCN(CC(O)COc3cccc4ncccc34)CC2)c2ccc(NC)cc2)cc1. The van der Waals surface area contributed by atoms with Crippen LogP contribution >= 0.6 is 0 Å². The number of likely N-dealkylation sites (tertiary alicyclic amines) is 1. The van der Waals surface area contributed by atoms with Crippen molar-refractivity contribution in [3.8, 4) is 5.75 Å². The molecule has 3 N–H and O–H groups in total. The van der Waals surface area contributed by atoms with E-state index in [0.717, 1.165) is 54.0 Å². The lowest BCUT2D eigenvalue weighted by Gasteiger charge is -2.31. The summed E-state index contributed by atoms with van der Waals surface area (Å²) in [6.07, 6.45) is 3.16. The van der Waals surface area contributed by atoms with E-state index < -0.39 is 6.10 Å². The van der Waals surface area contributed by atoms with Crippen LogP contribution in [0.1, 0.15) is 24.0 Å². The molecule has 2 heterocycles. The summed E-state index contributed by atoms with van der Waals surface area (Å²) < 4.78 is 6.00. The molecule has 3 aromatic carbocycles. The second-order valence-electron chi connectivity index (χ2n) is 9.72. The Bertz CT molecular complexity index is 1320. The molecule has 38 heavy (non-hydrogen) atoms. The van der Waals surface area contributed by atoms with Crippen LogP contribution in [0.2, 0.25) is 0 Å². The number of hydrogen-bond acceptors (Lipinski definition) is 6. The number of benzene rings is 3. The molecule has 1 atom stereocenters. The summed E-state index contributed by atoms with van der Waals surface area (Å²) >= 11 is 0. The number of aliphatic hydroxyl groups excluding tert-OH is 1. The van der Waals surface area contributed by atoms with Gasteiger partial charge >= 0.3 is 0 Å². The maximum absolute atomic E-state index is 10.8. The third kappa shape index (κ3) is 5.98. The Balaban J connectivity index is 1.26. The lowest BCUT2D eigenvalue weighted by atomic mass is 9.88. The first-order valence-corrected chi connectivity index (χ1v) is 13.3. The summed E-state index contributed by atoms with van der Waals surface area (Å²) in [4.78, 5) is 6.72. The van der Waals surface area contributed by atoms with Crippen LogP contribution in [-0.4, -0.2) is 61.4 Å². The summed E-state index contributed by atoms with van der Waals surface area (Å²) in [5, 5.41) is 18.1. The first-order chi connectivity index (χ1) is 18.6. The number of pyridine rings is 1. The van der Waals surface area contributed by atoms with Gasteiger partial charge in [0.25, 0.3) is 0 Å². The fourth-order valence-electron chi connectivity index (χ4n) is 5.18. The number of aromatic nitrogens is 1. The van der Waals surface area contributed by atoms with E-state index in [4.69, 9.17) is 4.74 Å². The molecule has 1 aromatic heterocycles. The molecule has 6 nitrogen and oxygen atoms in total. The van der Waals surface area contributed by atoms with E-state index in [1.54, 1.807) is 6.20 Å². The second-order valence-corrected chi connectivity index (χ2v) is 9.72. The van der Waals surface area contributed by atoms with Crippen molar-refractivity contribution in [2.24, 2.45) is 0 Å². The summed E-state index contributed by atoms with van der Waals surface area (Å²) in [5.74, 6) is 0.761. The van der Waals surface area contributed by atoms with Crippen molar-refractivity contribution in [1.82, 2.24) is 9.88 Å². The van der Waals surface area contributed by atoms with Crippen LogP contribution in [0.4, 0.5) is 11.4 Å². The molecule has 1 aliphatic heterocycles. The number of anilines is 2. The molecule has 1 unspecified atom stereocenters. The Morgan fingerprint density at radius 1 is 0.868 bits per heavy atom. The van der Waals surface area contributed by atoms with Crippen molar-refractivity contribution in [1.29, 1.82) is 0 Å².